The molecule has 1 aromatic rings. The average molecular weight is 299 g/mol. The van der Waals surface area contributed by atoms with E-state index in [0.29, 0.717) is 12.1 Å². The van der Waals surface area contributed by atoms with Gasteiger partial charge in [0.2, 0.25) is 0 Å². The van der Waals surface area contributed by atoms with Crippen LogP contribution in [-0.2, 0) is 0 Å². The van der Waals surface area contributed by atoms with Gasteiger partial charge in [-0.05, 0) is 43.3 Å². The highest BCUT2D eigenvalue weighted by Crippen LogP contribution is 2.32. The van der Waals surface area contributed by atoms with E-state index in [4.69, 9.17) is 11.6 Å². The minimum atomic E-state index is 0.351. The zero-order valence-corrected chi connectivity index (χ0v) is 13.5. The van der Waals surface area contributed by atoms with Crippen LogP contribution < -0.4 is 10.2 Å². The number of hydrogen-bond acceptors (Lipinski definition) is 3. The third-order valence-corrected chi connectivity index (χ3v) is 5.26. The van der Waals surface area contributed by atoms with E-state index in [1.807, 2.05) is 11.8 Å². The Labute approximate surface area is 125 Å². The first-order chi connectivity index (χ1) is 9.13. The molecule has 0 amide bonds. The molecule has 2 nitrogen and oxygen atoms in total. The van der Waals surface area contributed by atoms with Gasteiger partial charge in [-0.15, -0.1) is 0 Å². The standard InChI is InChI=1S/C15H23ClN2S/c1-4-17-11(2)12-5-6-15(14(16)9-12)18(3)13-7-8-19-10-13/h5-6,9,11,13,17H,4,7-8,10H2,1-3H3. The van der Waals surface area contributed by atoms with Gasteiger partial charge in [0, 0.05) is 24.9 Å². The molecule has 1 N–H and O–H groups in total. The van der Waals surface area contributed by atoms with Gasteiger partial charge in [-0.2, -0.15) is 11.8 Å². The van der Waals surface area contributed by atoms with Gasteiger partial charge in [0.1, 0.15) is 0 Å². The molecule has 1 aliphatic rings. The van der Waals surface area contributed by atoms with Crippen molar-refractivity contribution in [3.8, 4) is 0 Å². The molecule has 106 valence electrons. The molecule has 19 heavy (non-hydrogen) atoms. The summed E-state index contributed by atoms with van der Waals surface area (Å²) in [4.78, 5) is 2.34. The number of nitrogens with one attached hydrogen (secondary N) is 1. The minimum Gasteiger partial charge on any atom is -0.370 e. The van der Waals surface area contributed by atoms with Crippen molar-refractivity contribution in [2.24, 2.45) is 0 Å². The summed E-state index contributed by atoms with van der Waals surface area (Å²) in [5.41, 5.74) is 2.41. The van der Waals surface area contributed by atoms with Gasteiger partial charge in [0.25, 0.3) is 0 Å². The van der Waals surface area contributed by atoms with E-state index < -0.39 is 0 Å². The van der Waals surface area contributed by atoms with Crippen LogP contribution >= 0.6 is 23.4 Å². The van der Waals surface area contributed by atoms with E-state index in [0.717, 1.165) is 17.3 Å². The Hall–Kier alpha value is -0.380. The van der Waals surface area contributed by atoms with Gasteiger partial charge in [0.15, 0.2) is 0 Å². The van der Waals surface area contributed by atoms with Crippen LogP contribution in [-0.4, -0.2) is 31.1 Å². The van der Waals surface area contributed by atoms with Gasteiger partial charge >= 0.3 is 0 Å². The first kappa shape index (κ1) is 15.0. The van der Waals surface area contributed by atoms with E-state index in [9.17, 15) is 0 Å². The molecule has 1 saturated heterocycles. The third-order valence-electron chi connectivity index (χ3n) is 3.82. The Morgan fingerprint density at radius 2 is 2.32 bits per heavy atom. The first-order valence-electron chi connectivity index (χ1n) is 6.97. The lowest BCUT2D eigenvalue weighted by molar-refractivity contribution is 0.598. The van der Waals surface area contributed by atoms with Crippen LogP contribution in [0.3, 0.4) is 0 Å². The fraction of sp³-hybridized carbons (Fsp3) is 0.600. The second-order valence-corrected chi connectivity index (χ2v) is 6.68. The Morgan fingerprint density at radius 3 is 2.89 bits per heavy atom. The van der Waals surface area contributed by atoms with Crippen molar-refractivity contribution in [1.82, 2.24) is 5.32 Å². The summed E-state index contributed by atoms with van der Waals surface area (Å²) in [6.45, 7) is 5.27. The van der Waals surface area contributed by atoms with Crippen molar-refractivity contribution in [3.05, 3.63) is 28.8 Å². The highest BCUT2D eigenvalue weighted by molar-refractivity contribution is 7.99. The van der Waals surface area contributed by atoms with Crippen LogP contribution in [0.15, 0.2) is 18.2 Å². The van der Waals surface area contributed by atoms with Gasteiger partial charge in [-0.1, -0.05) is 24.6 Å². The molecule has 0 saturated carbocycles. The highest BCUT2D eigenvalue weighted by atomic mass is 35.5. The molecule has 1 fully saturated rings. The molecule has 2 rings (SSSR count). The molecular weight excluding hydrogens is 276 g/mol. The Morgan fingerprint density at radius 1 is 1.53 bits per heavy atom. The molecule has 1 aromatic carbocycles. The maximum atomic E-state index is 6.47. The molecule has 0 aromatic heterocycles. The predicted molar refractivity (Wildman–Crippen MR) is 87.7 cm³/mol. The lowest BCUT2D eigenvalue weighted by Gasteiger charge is -2.27. The summed E-state index contributed by atoms with van der Waals surface area (Å²) in [7, 11) is 2.16. The number of rotatable bonds is 5. The quantitative estimate of drug-likeness (QED) is 0.886. The zero-order chi connectivity index (χ0) is 13.8. The number of benzene rings is 1. The number of hydrogen-bond donors (Lipinski definition) is 1. The molecule has 2 atom stereocenters. The third kappa shape index (κ3) is 3.59. The average Bonchev–Trinajstić information content (AvgIpc) is 2.92. The fourth-order valence-corrected chi connectivity index (χ4v) is 4.12. The van der Waals surface area contributed by atoms with Crippen molar-refractivity contribution >= 4 is 29.1 Å². The van der Waals surface area contributed by atoms with Crippen molar-refractivity contribution < 1.29 is 0 Å². The normalized spacial score (nSPS) is 20.5. The SMILES string of the molecule is CCNC(C)c1ccc(N(C)C2CCSC2)c(Cl)c1. The predicted octanol–water partition coefficient (Wildman–Crippen LogP) is 3.95. The Kier molecular flexibility index (Phi) is 5.43. The molecule has 0 bridgehead atoms. The second-order valence-electron chi connectivity index (χ2n) is 5.12. The lowest BCUT2D eigenvalue weighted by atomic mass is 10.1. The molecule has 0 radical (unpaired) electrons. The van der Waals surface area contributed by atoms with Gasteiger partial charge in [-0.3, -0.25) is 0 Å². The second kappa shape index (κ2) is 6.87. The summed E-state index contributed by atoms with van der Waals surface area (Å²) in [6, 6.07) is 7.42. The van der Waals surface area contributed by atoms with Crippen molar-refractivity contribution in [2.45, 2.75) is 32.4 Å². The van der Waals surface area contributed by atoms with Crippen LogP contribution in [0, 0.1) is 0 Å². The number of halogens is 1. The van der Waals surface area contributed by atoms with Crippen LogP contribution in [0.4, 0.5) is 5.69 Å². The maximum Gasteiger partial charge on any atom is 0.0642 e. The van der Waals surface area contributed by atoms with E-state index in [1.54, 1.807) is 0 Å². The lowest BCUT2D eigenvalue weighted by Crippen LogP contribution is -2.31. The molecule has 4 heteroatoms. The number of nitrogens with zero attached hydrogens (tertiary/aromatic N) is 1. The van der Waals surface area contributed by atoms with E-state index >= 15 is 0 Å². The molecule has 1 aliphatic heterocycles. The Bertz CT molecular complexity index is 419. The van der Waals surface area contributed by atoms with Crippen molar-refractivity contribution in [3.63, 3.8) is 0 Å². The van der Waals surface area contributed by atoms with Gasteiger partial charge < -0.3 is 10.2 Å². The summed E-state index contributed by atoms with van der Waals surface area (Å²) >= 11 is 8.50. The van der Waals surface area contributed by atoms with Gasteiger partial charge in [0.05, 0.1) is 10.7 Å². The topological polar surface area (TPSA) is 15.3 Å². The smallest absolute Gasteiger partial charge is 0.0642 e. The largest absolute Gasteiger partial charge is 0.370 e. The van der Waals surface area contributed by atoms with Crippen LogP contribution in [0.25, 0.3) is 0 Å². The van der Waals surface area contributed by atoms with Crippen LogP contribution in [0.2, 0.25) is 5.02 Å². The van der Waals surface area contributed by atoms with E-state index in [2.05, 4.69) is 49.3 Å². The van der Waals surface area contributed by atoms with Gasteiger partial charge in [-0.25, -0.2) is 0 Å². The van der Waals surface area contributed by atoms with Crippen molar-refractivity contribution in [1.29, 1.82) is 0 Å². The highest BCUT2D eigenvalue weighted by Gasteiger charge is 2.22. The van der Waals surface area contributed by atoms with E-state index in [1.165, 1.54) is 23.5 Å². The summed E-state index contributed by atoms with van der Waals surface area (Å²) < 4.78 is 0. The first-order valence-corrected chi connectivity index (χ1v) is 8.50. The number of anilines is 1. The molecule has 2 unspecified atom stereocenters. The minimum absolute atomic E-state index is 0.351. The molecular formula is C15H23ClN2S. The Balaban J connectivity index is 2.14. The summed E-state index contributed by atoms with van der Waals surface area (Å²) in [5, 5.41) is 4.28. The number of thioether (sulfide) groups is 1. The van der Waals surface area contributed by atoms with E-state index in [-0.39, 0.29) is 0 Å². The van der Waals surface area contributed by atoms with Crippen LogP contribution in [0.5, 0.6) is 0 Å². The van der Waals surface area contributed by atoms with Crippen LogP contribution in [0.1, 0.15) is 31.9 Å². The fourth-order valence-electron chi connectivity index (χ4n) is 2.53. The summed E-state index contributed by atoms with van der Waals surface area (Å²) in [5.74, 6) is 2.48. The molecule has 0 aliphatic carbocycles. The monoisotopic (exact) mass is 298 g/mol. The maximum absolute atomic E-state index is 6.47. The van der Waals surface area contributed by atoms with Crippen molar-refractivity contribution in [2.75, 3.05) is 30.0 Å². The molecule has 0 spiro atoms. The zero-order valence-electron chi connectivity index (χ0n) is 11.9. The summed E-state index contributed by atoms with van der Waals surface area (Å²) in [6.07, 6.45) is 1.26. The molecule has 1 heterocycles.